The first-order valence-electron chi connectivity index (χ1n) is 5.39. The Kier molecular flexibility index (Phi) is 3.19. The van der Waals surface area contributed by atoms with E-state index < -0.39 is 0 Å². The van der Waals surface area contributed by atoms with Gasteiger partial charge in [0.15, 0.2) is 5.82 Å². The second-order valence-electron chi connectivity index (χ2n) is 3.66. The first kappa shape index (κ1) is 10.7. The van der Waals surface area contributed by atoms with Gasteiger partial charge in [-0.15, -0.1) is 10.2 Å². The predicted molar refractivity (Wildman–Crippen MR) is 61.1 cm³/mol. The highest BCUT2D eigenvalue weighted by Crippen LogP contribution is 2.07. The number of nitrogens with zero attached hydrogens (tertiary/aromatic N) is 5. The molecule has 2 heterocycles. The van der Waals surface area contributed by atoms with Crippen LogP contribution < -0.4 is 5.32 Å². The van der Waals surface area contributed by atoms with Crippen molar-refractivity contribution in [2.24, 2.45) is 7.05 Å². The third kappa shape index (κ3) is 2.21. The predicted octanol–water partition coefficient (Wildman–Crippen LogP) is 0.882. The molecule has 0 saturated heterocycles. The average Bonchev–Trinajstić information content (AvgIpc) is 2.87. The summed E-state index contributed by atoms with van der Waals surface area (Å²) in [6, 6.07) is 0. The summed E-state index contributed by atoms with van der Waals surface area (Å²) in [7, 11) is 1.94. The maximum Gasteiger partial charge on any atom is 0.203 e. The zero-order valence-corrected chi connectivity index (χ0v) is 9.59. The maximum absolute atomic E-state index is 4.26. The molecular formula is C10H16N6. The minimum Gasteiger partial charge on any atom is -0.356 e. The molecule has 0 aliphatic rings. The molecule has 2 aromatic heterocycles. The summed E-state index contributed by atoms with van der Waals surface area (Å²) < 4.78 is 3.93. The minimum absolute atomic E-state index is 0.683. The normalized spacial score (nSPS) is 10.6. The van der Waals surface area contributed by atoms with Crippen molar-refractivity contribution < 1.29 is 0 Å². The summed E-state index contributed by atoms with van der Waals surface area (Å²) >= 11 is 0. The van der Waals surface area contributed by atoms with Gasteiger partial charge in [-0.2, -0.15) is 0 Å². The molecule has 0 spiro atoms. The molecule has 0 bridgehead atoms. The summed E-state index contributed by atoms with van der Waals surface area (Å²) in [5.74, 6) is 1.79. The van der Waals surface area contributed by atoms with Crippen LogP contribution in [0.25, 0.3) is 0 Å². The van der Waals surface area contributed by atoms with E-state index in [2.05, 4.69) is 27.4 Å². The summed E-state index contributed by atoms with van der Waals surface area (Å²) in [4.78, 5) is 4.26. The third-order valence-corrected chi connectivity index (χ3v) is 2.37. The fourth-order valence-electron chi connectivity index (χ4n) is 1.44. The maximum atomic E-state index is 4.26. The Morgan fingerprint density at radius 2 is 2.31 bits per heavy atom. The molecule has 0 aromatic carbocycles. The molecule has 0 unspecified atom stereocenters. The highest BCUT2D eigenvalue weighted by Gasteiger charge is 2.05. The number of imidazole rings is 1. The summed E-state index contributed by atoms with van der Waals surface area (Å²) in [6.07, 6.45) is 6.50. The third-order valence-electron chi connectivity index (χ3n) is 2.37. The Balaban J connectivity index is 2.09. The van der Waals surface area contributed by atoms with E-state index in [9.17, 15) is 0 Å². The second-order valence-corrected chi connectivity index (χ2v) is 3.66. The number of aryl methyl sites for hydroxylation is 1. The highest BCUT2D eigenvalue weighted by atomic mass is 15.3. The number of rotatable bonds is 5. The molecule has 0 radical (unpaired) electrons. The highest BCUT2D eigenvalue weighted by molar-refractivity contribution is 5.26. The van der Waals surface area contributed by atoms with Gasteiger partial charge in [-0.1, -0.05) is 6.92 Å². The van der Waals surface area contributed by atoms with E-state index >= 15 is 0 Å². The smallest absolute Gasteiger partial charge is 0.203 e. The number of anilines is 1. The molecule has 0 aliphatic heterocycles. The molecule has 2 aromatic rings. The van der Waals surface area contributed by atoms with Gasteiger partial charge in [-0.3, -0.25) is 0 Å². The van der Waals surface area contributed by atoms with Crippen LogP contribution in [-0.2, 0) is 13.6 Å². The van der Waals surface area contributed by atoms with E-state index in [4.69, 9.17) is 0 Å². The van der Waals surface area contributed by atoms with E-state index in [-0.39, 0.29) is 0 Å². The van der Waals surface area contributed by atoms with Crippen molar-refractivity contribution in [1.82, 2.24) is 24.3 Å². The summed E-state index contributed by atoms with van der Waals surface area (Å²) in [5, 5.41) is 11.2. The van der Waals surface area contributed by atoms with E-state index in [0.29, 0.717) is 6.54 Å². The quantitative estimate of drug-likeness (QED) is 0.812. The SMILES string of the molecule is CCCNc1nccn1Cc1nncn1C. The molecule has 6 heteroatoms. The van der Waals surface area contributed by atoms with Crippen LogP contribution in [0.5, 0.6) is 0 Å². The number of hydrogen-bond acceptors (Lipinski definition) is 4. The Hall–Kier alpha value is -1.85. The van der Waals surface area contributed by atoms with Gasteiger partial charge in [-0.05, 0) is 6.42 Å². The lowest BCUT2D eigenvalue weighted by atomic mass is 10.5. The molecule has 0 saturated carbocycles. The van der Waals surface area contributed by atoms with Crippen LogP contribution in [0.15, 0.2) is 18.7 Å². The van der Waals surface area contributed by atoms with Crippen molar-refractivity contribution in [3.63, 3.8) is 0 Å². The van der Waals surface area contributed by atoms with Gasteiger partial charge >= 0.3 is 0 Å². The standard InChI is InChI=1S/C10H16N6/c1-3-4-11-10-12-5-6-16(10)7-9-14-13-8-15(9)2/h5-6,8H,3-4,7H2,1-2H3,(H,11,12). The summed E-state index contributed by atoms with van der Waals surface area (Å²) in [6.45, 7) is 3.74. The molecule has 16 heavy (non-hydrogen) atoms. The molecule has 0 aliphatic carbocycles. The van der Waals surface area contributed by atoms with Gasteiger partial charge < -0.3 is 14.5 Å². The molecule has 1 N–H and O–H groups in total. The fourth-order valence-corrected chi connectivity index (χ4v) is 1.44. The molecule has 86 valence electrons. The zero-order valence-electron chi connectivity index (χ0n) is 9.59. The number of nitrogens with one attached hydrogen (secondary N) is 1. The lowest BCUT2D eigenvalue weighted by Crippen LogP contribution is -2.11. The Labute approximate surface area is 94.3 Å². The van der Waals surface area contributed by atoms with Gasteiger partial charge in [0, 0.05) is 26.0 Å². The first-order valence-corrected chi connectivity index (χ1v) is 5.39. The van der Waals surface area contributed by atoms with Gasteiger partial charge in [0.25, 0.3) is 0 Å². The molecule has 0 atom stereocenters. The van der Waals surface area contributed by atoms with Crippen molar-refractivity contribution in [1.29, 1.82) is 0 Å². The zero-order chi connectivity index (χ0) is 11.4. The number of hydrogen-bond donors (Lipinski definition) is 1. The van der Waals surface area contributed by atoms with E-state index in [1.165, 1.54) is 0 Å². The monoisotopic (exact) mass is 220 g/mol. The Morgan fingerprint density at radius 1 is 1.44 bits per heavy atom. The van der Waals surface area contributed by atoms with Crippen LogP contribution in [-0.4, -0.2) is 30.9 Å². The van der Waals surface area contributed by atoms with Crippen LogP contribution in [0.1, 0.15) is 19.2 Å². The van der Waals surface area contributed by atoms with Gasteiger partial charge in [0.2, 0.25) is 5.95 Å². The minimum atomic E-state index is 0.683. The lowest BCUT2D eigenvalue weighted by molar-refractivity contribution is 0.699. The first-order chi connectivity index (χ1) is 7.81. The molecule has 0 amide bonds. The largest absolute Gasteiger partial charge is 0.356 e. The Bertz CT molecular complexity index is 444. The second kappa shape index (κ2) is 4.78. The Morgan fingerprint density at radius 3 is 3.00 bits per heavy atom. The van der Waals surface area contributed by atoms with Crippen molar-refractivity contribution in [2.75, 3.05) is 11.9 Å². The van der Waals surface area contributed by atoms with E-state index in [1.54, 1.807) is 12.5 Å². The molecular weight excluding hydrogens is 204 g/mol. The van der Waals surface area contributed by atoms with Gasteiger partial charge in [0.05, 0.1) is 6.54 Å². The number of aromatic nitrogens is 5. The lowest BCUT2D eigenvalue weighted by Gasteiger charge is -2.08. The molecule has 6 nitrogen and oxygen atoms in total. The van der Waals surface area contributed by atoms with Gasteiger partial charge in [0.1, 0.15) is 6.33 Å². The van der Waals surface area contributed by atoms with Crippen molar-refractivity contribution in [3.8, 4) is 0 Å². The van der Waals surface area contributed by atoms with Crippen LogP contribution >= 0.6 is 0 Å². The van der Waals surface area contributed by atoms with Gasteiger partial charge in [-0.25, -0.2) is 4.98 Å². The molecule has 2 rings (SSSR count). The summed E-state index contributed by atoms with van der Waals surface area (Å²) in [5.41, 5.74) is 0. The van der Waals surface area contributed by atoms with E-state index in [0.717, 1.165) is 24.7 Å². The van der Waals surface area contributed by atoms with Crippen molar-refractivity contribution in [3.05, 3.63) is 24.5 Å². The van der Waals surface area contributed by atoms with Crippen LogP contribution in [0, 0.1) is 0 Å². The van der Waals surface area contributed by atoms with Crippen molar-refractivity contribution in [2.45, 2.75) is 19.9 Å². The van der Waals surface area contributed by atoms with Crippen LogP contribution in [0.4, 0.5) is 5.95 Å². The van der Waals surface area contributed by atoms with Crippen LogP contribution in [0.3, 0.4) is 0 Å². The average molecular weight is 220 g/mol. The van der Waals surface area contributed by atoms with E-state index in [1.807, 2.05) is 22.4 Å². The van der Waals surface area contributed by atoms with Crippen LogP contribution in [0.2, 0.25) is 0 Å². The van der Waals surface area contributed by atoms with Crippen molar-refractivity contribution >= 4 is 5.95 Å². The fraction of sp³-hybridized carbons (Fsp3) is 0.500. The molecule has 0 fully saturated rings. The topological polar surface area (TPSA) is 60.6 Å².